The minimum absolute atomic E-state index is 0. The van der Waals surface area contributed by atoms with Crippen LogP contribution in [-0.4, -0.2) is 50.7 Å². The molecule has 4 nitrogen and oxygen atoms in total. The minimum Gasteiger partial charge on any atom is -0.383 e. The van der Waals surface area contributed by atoms with E-state index in [9.17, 15) is 4.79 Å². The highest BCUT2D eigenvalue weighted by Gasteiger charge is 2.24. The van der Waals surface area contributed by atoms with Gasteiger partial charge in [0.1, 0.15) is 0 Å². The molecule has 2 unspecified atom stereocenters. The van der Waals surface area contributed by atoms with Crippen molar-refractivity contribution in [2.45, 2.75) is 38.6 Å². The first kappa shape index (κ1) is 17.7. The van der Waals surface area contributed by atoms with Crippen molar-refractivity contribution in [1.29, 1.82) is 0 Å². The number of carbonyl (C=O) groups excluding carboxylic acids is 1. The number of nitrogens with zero attached hydrogens (tertiary/aromatic N) is 1. The maximum atomic E-state index is 11.9. The molecule has 0 bridgehead atoms. The highest BCUT2D eigenvalue weighted by molar-refractivity contribution is 5.85. The molecule has 0 heterocycles. The molecule has 0 aromatic carbocycles. The van der Waals surface area contributed by atoms with Crippen molar-refractivity contribution >= 4 is 18.3 Å². The van der Waals surface area contributed by atoms with Crippen LogP contribution in [0.1, 0.15) is 32.6 Å². The molecule has 1 aliphatic rings. The zero-order chi connectivity index (χ0) is 12.7. The van der Waals surface area contributed by atoms with E-state index in [2.05, 4.69) is 12.2 Å². The molecule has 1 fully saturated rings. The number of rotatable bonds is 6. The van der Waals surface area contributed by atoms with Gasteiger partial charge in [-0.25, -0.2) is 0 Å². The fraction of sp³-hybridized carbons (Fsp3) is 0.923. The van der Waals surface area contributed by atoms with Crippen molar-refractivity contribution in [2.24, 2.45) is 5.92 Å². The molecule has 108 valence electrons. The van der Waals surface area contributed by atoms with Gasteiger partial charge in [-0.05, 0) is 18.8 Å². The Kier molecular flexibility index (Phi) is 9.42. The Bertz CT molecular complexity index is 239. The molecular weight excluding hydrogens is 252 g/mol. The molecule has 1 saturated carbocycles. The largest absolute Gasteiger partial charge is 0.383 e. The van der Waals surface area contributed by atoms with Crippen molar-refractivity contribution in [2.75, 3.05) is 33.9 Å². The molecule has 0 aliphatic heterocycles. The Morgan fingerprint density at radius 1 is 1.44 bits per heavy atom. The normalized spacial score (nSPS) is 23.3. The number of halogens is 1. The second-order valence-electron chi connectivity index (χ2n) is 5.10. The highest BCUT2D eigenvalue weighted by atomic mass is 35.5. The molecule has 5 heteroatoms. The number of likely N-dealkylation sites (N-methyl/N-ethyl adjacent to an activating group) is 1. The third-order valence-electron chi connectivity index (χ3n) is 3.61. The maximum Gasteiger partial charge on any atom is 0.236 e. The second kappa shape index (κ2) is 9.59. The van der Waals surface area contributed by atoms with Gasteiger partial charge in [0.25, 0.3) is 0 Å². The summed E-state index contributed by atoms with van der Waals surface area (Å²) in [6.07, 6.45) is 4.87. The van der Waals surface area contributed by atoms with Crippen LogP contribution >= 0.6 is 12.4 Å². The number of carbonyl (C=O) groups is 1. The predicted octanol–water partition coefficient (Wildman–Crippen LogP) is 1.68. The van der Waals surface area contributed by atoms with Crippen molar-refractivity contribution in [3.63, 3.8) is 0 Å². The maximum absolute atomic E-state index is 11.9. The van der Waals surface area contributed by atoms with Crippen molar-refractivity contribution < 1.29 is 9.53 Å². The Morgan fingerprint density at radius 2 is 2.17 bits per heavy atom. The minimum atomic E-state index is 0. The van der Waals surface area contributed by atoms with E-state index in [0.29, 0.717) is 19.2 Å². The lowest BCUT2D eigenvalue weighted by molar-refractivity contribution is -0.131. The molecular formula is C13H27ClN2O2. The van der Waals surface area contributed by atoms with Crippen LogP contribution in [0.25, 0.3) is 0 Å². The van der Waals surface area contributed by atoms with Gasteiger partial charge >= 0.3 is 0 Å². The van der Waals surface area contributed by atoms with Crippen LogP contribution in [0.2, 0.25) is 0 Å². The highest BCUT2D eigenvalue weighted by Crippen LogP contribution is 2.26. The fourth-order valence-electron chi connectivity index (χ4n) is 2.45. The molecule has 1 amide bonds. The molecule has 1 N–H and O–H groups in total. The average Bonchev–Trinajstić information content (AvgIpc) is 2.33. The van der Waals surface area contributed by atoms with E-state index in [1.54, 1.807) is 7.11 Å². The molecule has 0 radical (unpaired) electrons. The van der Waals surface area contributed by atoms with E-state index >= 15 is 0 Å². The summed E-state index contributed by atoms with van der Waals surface area (Å²) in [6, 6.07) is 0.440. The van der Waals surface area contributed by atoms with Crippen LogP contribution in [0, 0.1) is 5.92 Å². The van der Waals surface area contributed by atoms with Crippen molar-refractivity contribution in [3.05, 3.63) is 0 Å². The van der Waals surface area contributed by atoms with Crippen LogP contribution in [-0.2, 0) is 9.53 Å². The topological polar surface area (TPSA) is 41.6 Å². The number of hydrogen-bond donors (Lipinski definition) is 1. The summed E-state index contributed by atoms with van der Waals surface area (Å²) in [5.74, 6) is 0.950. The second-order valence-corrected chi connectivity index (χ2v) is 5.10. The van der Waals surface area contributed by atoms with Gasteiger partial charge < -0.3 is 15.0 Å². The lowest BCUT2D eigenvalue weighted by Crippen LogP contribution is -2.44. The summed E-state index contributed by atoms with van der Waals surface area (Å²) in [7, 11) is 3.60. The number of amides is 1. The number of ether oxygens (including phenoxy) is 1. The molecule has 1 rings (SSSR count). The quantitative estimate of drug-likeness (QED) is 0.752. The van der Waals surface area contributed by atoms with Crippen LogP contribution in [0.5, 0.6) is 0 Å². The van der Waals surface area contributed by atoms with Gasteiger partial charge in [0.15, 0.2) is 0 Å². The smallest absolute Gasteiger partial charge is 0.236 e. The van der Waals surface area contributed by atoms with Gasteiger partial charge in [-0.3, -0.25) is 4.79 Å². The SMILES string of the molecule is COCCNCC(=O)N(C)C1CCCC(C)C1.Cl. The van der Waals surface area contributed by atoms with Gasteiger partial charge in [0.2, 0.25) is 5.91 Å². The van der Waals surface area contributed by atoms with Crippen molar-refractivity contribution in [3.8, 4) is 0 Å². The molecule has 2 atom stereocenters. The Hall–Kier alpha value is -0.320. The van der Waals surface area contributed by atoms with Gasteiger partial charge in [-0.2, -0.15) is 0 Å². The van der Waals surface area contributed by atoms with Crippen molar-refractivity contribution in [1.82, 2.24) is 10.2 Å². The zero-order valence-corrected chi connectivity index (χ0v) is 12.6. The van der Waals surface area contributed by atoms with Crippen LogP contribution in [0.3, 0.4) is 0 Å². The standard InChI is InChI=1S/C13H26N2O2.ClH/c1-11-5-4-6-12(9-11)15(2)13(16)10-14-7-8-17-3;/h11-12,14H,4-10H2,1-3H3;1H. The molecule has 0 aromatic heterocycles. The summed E-state index contributed by atoms with van der Waals surface area (Å²) in [4.78, 5) is 13.9. The van der Waals surface area contributed by atoms with E-state index in [1.165, 1.54) is 12.8 Å². The Morgan fingerprint density at radius 3 is 2.78 bits per heavy atom. The third-order valence-corrected chi connectivity index (χ3v) is 3.61. The molecule has 0 aromatic rings. The average molecular weight is 279 g/mol. The molecule has 18 heavy (non-hydrogen) atoms. The van der Waals surface area contributed by atoms with Gasteiger partial charge in [-0.15, -0.1) is 12.4 Å². The Labute approximate surface area is 117 Å². The van der Waals surface area contributed by atoms with E-state index in [1.807, 2.05) is 11.9 Å². The van der Waals surface area contributed by atoms with Crippen LogP contribution in [0.4, 0.5) is 0 Å². The third kappa shape index (κ3) is 6.03. The van der Waals surface area contributed by atoms with Crippen LogP contribution < -0.4 is 5.32 Å². The first-order valence-corrected chi connectivity index (χ1v) is 6.60. The fourth-order valence-corrected chi connectivity index (χ4v) is 2.45. The predicted molar refractivity (Wildman–Crippen MR) is 76.2 cm³/mol. The van der Waals surface area contributed by atoms with Gasteiger partial charge in [-0.1, -0.05) is 19.8 Å². The monoisotopic (exact) mass is 278 g/mol. The number of nitrogens with one attached hydrogen (secondary N) is 1. The Balaban J connectivity index is 0.00000289. The number of hydrogen-bond acceptors (Lipinski definition) is 3. The molecule has 0 saturated heterocycles. The molecule has 1 aliphatic carbocycles. The van der Waals surface area contributed by atoms with Gasteiger partial charge in [0, 0.05) is 26.7 Å². The van der Waals surface area contributed by atoms with E-state index < -0.39 is 0 Å². The summed E-state index contributed by atoms with van der Waals surface area (Å²) in [5, 5.41) is 3.10. The van der Waals surface area contributed by atoms with E-state index in [-0.39, 0.29) is 18.3 Å². The number of methoxy groups -OCH3 is 1. The van der Waals surface area contributed by atoms with E-state index in [4.69, 9.17) is 4.74 Å². The first-order valence-electron chi connectivity index (χ1n) is 6.60. The summed E-state index contributed by atoms with van der Waals surface area (Å²) in [5.41, 5.74) is 0. The summed E-state index contributed by atoms with van der Waals surface area (Å²) in [6.45, 7) is 4.08. The summed E-state index contributed by atoms with van der Waals surface area (Å²) < 4.78 is 4.93. The van der Waals surface area contributed by atoms with E-state index in [0.717, 1.165) is 25.3 Å². The summed E-state index contributed by atoms with van der Waals surface area (Å²) >= 11 is 0. The lowest BCUT2D eigenvalue weighted by Gasteiger charge is -2.34. The lowest BCUT2D eigenvalue weighted by atomic mass is 9.86. The van der Waals surface area contributed by atoms with Crippen LogP contribution in [0.15, 0.2) is 0 Å². The zero-order valence-electron chi connectivity index (χ0n) is 11.8. The first-order chi connectivity index (χ1) is 8.15. The van der Waals surface area contributed by atoms with Gasteiger partial charge in [0.05, 0.1) is 13.2 Å². The molecule has 0 spiro atoms.